The van der Waals surface area contributed by atoms with Crippen molar-refractivity contribution >= 4 is 38.4 Å². The van der Waals surface area contributed by atoms with Crippen LogP contribution in [0.1, 0.15) is 43.4 Å². The lowest BCUT2D eigenvalue weighted by Gasteiger charge is -2.22. The molecule has 0 fully saturated rings. The van der Waals surface area contributed by atoms with Crippen LogP contribution < -0.4 is 5.32 Å². The molecule has 2 aromatic carbocycles. The number of non-ortho nitro benzene ring substituents is 1. The Bertz CT molecular complexity index is 1070. The highest BCUT2D eigenvalue weighted by Crippen LogP contribution is 2.39. The summed E-state index contributed by atoms with van der Waals surface area (Å²) in [5.41, 5.74) is 0.859. The number of rotatable bonds is 7. The second-order valence-electron chi connectivity index (χ2n) is 6.65. The first-order valence-corrected chi connectivity index (χ1v) is 10.0. The Morgan fingerprint density at radius 1 is 1.31 bits per heavy atom. The van der Waals surface area contributed by atoms with E-state index < -0.39 is 11.0 Å². The normalized spacial score (nSPS) is 11.9. The summed E-state index contributed by atoms with van der Waals surface area (Å²) in [5, 5.41) is 25.7. The van der Waals surface area contributed by atoms with Gasteiger partial charge >= 0.3 is 0 Å². The number of pyridine rings is 1. The van der Waals surface area contributed by atoms with Crippen molar-refractivity contribution in [3.8, 4) is 5.75 Å². The number of unbranched alkanes of at least 4 members (excludes halogenated alkanes) is 1. The minimum atomic E-state index is -0.762. The predicted molar refractivity (Wildman–Crippen MR) is 114 cm³/mol. The molecule has 0 aliphatic carbocycles. The van der Waals surface area contributed by atoms with Gasteiger partial charge in [0, 0.05) is 28.7 Å². The Kier molecular flexibility index (Phi) is 6.43. The van der Waals surface area contributed by atoms with Crippen LogP contribution in [-0.4, -0.2) is 20.9 Å². The number of aromatic hydroxyl groups is 1. The summed E-state index contributed by atoms with van der Waals surface area (Å²) in [5.74, 6) is -0.382. The number of phenols is 1. The van der Waals surface area contributed by atoms with Crippen LogP contribution in [-0.2, 0) is 4.79 Å². The Hall–Kier alpha value is -3.00. The van der Waals surface area contributed by atoms with Crippen LogP contribution in [0.15, 0.2) is 53.1 Å². The number of fused-ring (bicyclic) bond motifs is 1. The lowest BCUT2D eigenvalue weighted by Crippen LogP contribution is -2.29. The van der Waals surface area contributed by atoms with Crippen LogP contribution in [0.3, 0.4) is 0 Å². The van der Waals surface area contributed by atoms with E-state index in [0.29, 0.717) is 12.0 Å². The molecule has 1 unspecified atom stereocenters. The first-order valence-electron chi connectivity index (χ1n) is 9.22. The van der Waals surface area contributed by atoms with Crippen LogP contribution in [0.2, 0.25) is 0 Å². The van der Waals surface area contributed by atoms with Crippen LogP contribution >= 0.6 is 15.9 Å². The lowest BCUT2D eigenvalue weighted by atomic mass is 9.95. The lowest BCUT2D eigenvalue weighted by molar-refractivity contribution is -0.383. The molecule has 150 valence electrons. The second kappa shape index (κ2) is 9.00. The summed E-state index contributed by atoms with van der Waals surface area (Å²) in [6, 6.07) is 10.9. The number of amides is 1. The summed E-state index contributed by atoms with van der Waals surface area (Å²) in [7, 11) is 0. The molecule has 0 spiro atoms. The molecule has 7 nitrogen and oxygen atoms in total. The highest BCUT2D eigenvalue weighted by molar-refractivity contribution is 9.10. The number of benzene rings is 2. The number of nitro groups is 1. The average Bonchev–Trinajstić information content (AvgIpc) is 2.71. The van der Waals surface area contributed by atoms with E-state index >= 15 is 0 Å². The van der Waals surface area contributed by atoms with Crippen molar-refractivity contribution in [2.75, 3.05) is 0 Å². The highest BCUT2D eigenvalue weighted by Gasteiger charge is 2.26. The van der Waals surface area contributed by atoms with Crippen LogP contribution in [0.5, 0.6) is 5.75 Å². The summed E-state index contributed by atoms with van der Waals surface area (Å²) in [4.78, 5) is 27.8. The number of aromatic nitrogens is 1. The number of nitrogens with zero attached hydrogens (tertiary/aromatic N) is 2. The van der Waals surface area contributed by atoms with E-state index in [4.69, 9.17) is 0 Å². The highest BCUT2D eigenvalue weighted by atomic mass is 79.9. The van der Waals surface area contributed by atoms with Gasteiger partial charge in [0.1, 0.15) is 11.3 Å². The number of carbonyl (C=O) groups is 1. The first kappa shape index (κ1) is 20.7. The van der Waals surface area contributed by atoms with E-state index in [1.165, 1.54) is 18.3 Å². The Morgan fingerprint density at radius 3 is 2.79 bits per heavy atom. The molecule has 3 rings (SSSR count). The smallest absolute Gasteiger partial charge is 0.279 e. The van der Waals surface area contributed by atoms with Crippen molar-refractivity contribution in [3.05, 3.63) is 74.4 Å². The van der Waals surface area contributed by atoms with Gasteiger partial charge in [-0.25, -0.2) is 0 Å². The van der Waals surface area contributed by atoms with Crippen molar-refractivity contribution in [3.63, 3.8) is 0 Å². The van der Waals surface area contributed by atoms with Gasteiger partial charge < -0.3 is 10.4 Å². The molecule has 0 radical (unpaired) electrons. The average molecular weight is 458 g/mol. The molecule has 2 N–H and O–H groups in total. The number of hydrogen-bond donors (Lipinski definition) is 2. The molecule has 0 bridgehead atoms. The number of nitrogens with one attached hydrogen (secondary N) is 1. The molecule has 29 heavy (non-hydrogen) atoms. The molecular weight excluding hydrogens is 438 g/mol. The van der Waals surface area contributed by atoms with E-state index in [-0.39, 0.29) is 33.8 Å². The molecule has 3 aromatic rings. The van der Waals surface area contributed by atoms with E-state index in [9.17, 15) is 20.0 Å². The van der Waals surface area contributed by atoms with Gasteiger partial charge in [0.25, 0.3) is 5.69 Å². The molecule has 1 heterocycles. The molecular formula is C21H20BrN3O4. The fourth-order valence-electron chi connectivity index (χ4n) is 3.20. The number of halogens is 1. The number of nitro benzene ring substituents is 1. The predicted octanol–water partition coefficient (Wildman–Crippen LogP) is 5.01. The maximum atomic E-state index is 12.5. The zero-order valence-electron chi connectivity index (χ0n) is 15.8. The molecule has 1 amide bonds. The van der Waals surface area contributed by atoms with Crippen LogP contribution in [0, 0.1) is 10.1 Å². The van der Waals surface area contributed by atoms with E-state index in [2.05, 4.69) is 26.2 Å². The van der Waals surface area contributed by atoms with Crippen LogP contribution in [0.25, 0.3) is 10.9 Å². The molecule has 8 heteroatoms. The van der Waals surface area contributed by atoms with Gasteiger partial charge in [0.15, 0.2) is 0 Å². The minimum absolute atomic E-state index is 0.125. The summed E-state index contributed by atoms with van der Waals surface area (Å²) >= 11 is 3.41. The van der Waals surface area contributed by atoms with E-state index in [1.807, 2.05) is 13.0 Å². The Morgan fingerprint density at radius 2 is 2.10 bits per heavy atom. The van der Waals surface area contributed by atoms with Gasteiger partial charge in [-0.05, 0) is 36.2 Å². The molecule has 0 saturated heterocycles. The third-order valence-electron chi connectivity index (χ3n) is 4.63. The number of phenolic OH excluding ortho intramolecular Hbond substituents is 1. The molecule has 1 atom stereocenters. The third-order valence-corrected chi connectivity index (χ3v) is 5.12. The Balaban J connectivity index is 2.19. The van der Waals surface area contributed by atoms with Crippen molar-refractivity contribution in [2.45, 2.75) is 32.2 Å². The van der Waals surface area contributed by atoms with Gasteiger partial charge in [-0.15, -0.1) is 0 Å². The second-order valence-corrected chi connectivity index (χ2v) is 7.56. The molecule has 1 aromatic heterocycles. The maximum Gasteiger partial charge on any atom is 0.279 e. The fraction of sp³-hybridized carbons (Fsp3) is 0.238. The van der Waals surface area contributed by atoms with Gasteiger partial charge in [-0.3, -0.25) is 19.9 Å². The van der Waals surface area contributed by atoms with Gasteiger partial charge in [-0.2, -0.15) is 0 Å². The minimum Gasteiger partial charge on any atom is -0.505 e. The topological polar surface area (TPSA) is 105 Å². The molecule has 0 aliphatic heterocycles. The molecule has 0 aliphatic rings. The van der Waals surface area contributed by atoms with Crippen LogP contribution in [0.4, 0.5) is 5.69 Å². The van der Waals surface area contributed by atoms with Crippen molar-refractivity contribution in [1.29, 1.82) is 0 Å². The Labute approximate surface area is 176 Å². The van der Waals surface area contributed by atoms with Gasteiger partial charge in [0.05, 0.1) is 16.4 Å². The SMILES string of the molecule is CCCCC(=O)NC(c1cccc(Br)c1)c1cc([N+](=O)[O-])c2cccnc2c1O. The quantitative estimate of drug-likeness (QED) is 0.383. The van der Waals surface area contributed by atoms with E-state index in [1.54, 1.807) is 24.3 Å². The number of carbonyl (C=O) groups excluding carboxylic acids is 1. The summed E-state index contributed by atoms with van der Waals surface area (Å²) in [6.07, 6.45) is 3.38. The molecule has 0 saturated carbocycles. The zero-order valence-corrected chi connectivity index (χ0v) is 17.3. The van der Waals surface area contributed by atoms with Crippen molar-refractivity contribution in [1.82, 2.24) is 10.3 Å². The largest absolute Gasteiger partial charge is 0.505 e. The van der Waals surface area contributed by atoms with Crippen molar-refractivity contribution in [2.24, 2.45) is 0 Å². The zero-order chi connectivity index (χ0) is 21.0. The fourth-order valence-corrected chi connectivity index (χ4v) is 3.62. The van der Waals surface area contributed by atoms with Gasteiger partial charge in [-0.1, -0.05) is 41.4 Å². The standard InChI is InChI=1S/C21H20BrN3O4/c1-2-3-9-18(26)24-19(13-6-4-7-14(22)11-13)16-12-17(25(28)29)15-8-5-10-23-20(15)21(16)27/h4-8,10-12,19,27H,2-3,9H2,1H3,(H,24,26). The van der Waals surface area contributed by atoms with E-state index in [0.717, 1.165) is 17.3 Å². The summed E-state index contributed by atoms with van der Waals surface area (Å²) < 4.78 is 0.788. The first-order chi connectivity index (χ1) is 13.9. The van der Waals surface area contributed by atoms with Crippen molar-refractivity contribution < 1.29 is 14.8 Å². The third kappa shape index (κ3) is 4.54. The summed E-state index contributed by atoms with van der Waals surface area (Å²) in [6.45, 7) is 1.99. The van der Waals surface area contributed by atoms with Gasteiger partial charge in [0.2, 0.25) is 5.91 Å². The monoisotopic (exact) mass is 457 g/mol. The number of hydrogen-bond acceptors (Lipinski definition) is 5. The maximum absolute atomic E-state index is 12.5.